The van der Waals surface area contributed by atoms with E-state index >= 15 is 0 Å². The summed E-state index contributed by atoms with van der Waals surface area (Å²) >= 11 is 5.75. The maximum Gasteiger partial charge on any atom is 0.128 e. The maximum atomic E-state index is 9.53. The van der Waals surface area contributed by atoms with Gasteiger partial charge in [-0.05, 0) is 36.4 Å². The summed E-state index contributed by atoms with van der Waals surface area (Å²) in [6, 6.07) is 11.4. The molecule has 4 nitrogen and oxygen atoms in total. The highest BCUT2D eigenvalue weighted by Crippen LogP contribution is 2.21. The zero-order valence-corrected chi connectivity index (χ0v) is 10.1. The molecule has 0 unspecified atom stereocenters. The van der Waals surface area contributed by atoms with E-state index in [-0.39, 0.29) is 11.5 Å². The van der Waals surface area contributed by atoms with Crippen molar-refractivity contribution in [1.82, 2.24) is 0 Å². The van der Waals surface area contributed by atoms with Crippen LogP contribution in [-0.2, 0) is 0 Å². The summed E-state index contributed by atoms with van der Waals surface area (Å²) in [5, 5.41) is 23.3. The first-order chi connectivity index (χ1) is 8.65. The second-order valence-electron chi connectivity index (χ2n) is 3.62. The molecule has 0 aliphatic carbocycles. The van der Waals surface area contributed by atoms with Crippen LogP contribution in [0.4, 0.5) is 5.69 Å². The van der Waals surface area contributed by atoms with E-state index in [1.807, 2.05) is 0 Å². The van der Waals surface area contributed by atoms with Gasteiger partial charge in [-0.25, -0.2) is 0 Å². The summed E-state index contributed by atoms with van der Waals surface area (Å²) < 4.78 is 0. The van der Waals surface area contributed by atoms with Gasteiger partial charge in [0.05, 0.1) is 11.9 Å². The fourth-order valence-corrected chi connectivity index (χ4v) is 1.47. The van der Waals surface area contributed by atoms with E-state index in [0.717, 1.165) is 5.69 Å². The second-order valence-corrected chi connectivity index (χ2v) is 4.06. The smallest absolute Gasteiger partial charge is 0.128 e. The number of nitrogens with one attached hydrogen (secondary N) is 1. The quantitative estimate of drug-likeness (QED) is 0.588. The van der Waals surface area contributed by atoms with Gasteiger partial charge in [0.25, 0.3) is 0 Å². The number of phenolic OH excluding ortho intramolecular Hbond substituents is 2. The molecule has 0 atom stereocenters. The third kappa shape index (κ3) is 3.15. The standard InChI is InChI=1S/C13H11ClN2O2/c14-10-2-4-11(5-3-10)16-15-8-9-1-6-12(17)7-13(9)18/h1-8,16-18H/b15-8+. The zero-order chi connectivity index (χ0) is 13.0. The average molecular weight is 263 g/mol. The van der Waals surface area contributed by atoms with Crippen LogP contribution in [0.25, 0.3) is 0 Å². The van der Waals surface area contributed by atoms with E-state index in [2.05, 4.69) is 10.5 Å². The number of hydrazone groups is 1. The van der Waals surface area contributed by atoms with Crippen molar-refractivity contribution in [1.29, 1.82) is 0 Å². The number of halogens is 1. The highest BCUT2D eigenvalue weighted by Gasteiger charge is 1.98. The molecular formula is C13H11ClN2O2. The first-order valence-electron chi connectivity index (χ1n) is 5.22. The van der Waals surface area contributed by atoms with Crippen LogP contribution in [0.2, 0.25) is 5.02 Å². The first kappa shape index (κ1) is 12.3. The van der Waals surface area contributed by atoms with E-state index in [1.54, 1.807) is 30.3 Å². The third-order valence-electron chi connectivity index (χ3n) is 2.26. The van der Waals surface area contributed by atoms with E-state index in [9.17, 15) is 5.11 Å². The Bertz CT molecular complexity index is 568. The Morgan fingerprint density at radius 1 is 1.06 bits per heavy atom. The molecule has 5 heteroatoms. The van der Waals surface area contributed by atoms with Crippen LogP contribution in [-0.4, -0.2) is 16.4 Å². The van der Waals surface area contributed by atoms with Crippen LogP contribution in [0.3, 0.4) is 0 Å². The fraction of sp³-hybridized carbons (Fsp3) is 0. The van der Waals surface area contributed by atoms with E-state index < -0.39 is 0 Å². The summed E-state index contributed by atoms with van der Waals surface area (Å²) in [5.74, 6) is -0.0213. The Kier molecular flexibility index (Phi) is 3.69. The number of benzene rings is 2. The lowest BCUT2D eigenvalue weighted by Crippen LogP contribution is -1.90. The van der Waals surface area contributed by atoms with Crippen LogP contribution >= 0.6 is 11.6 Å². The average Bonchev–Trinajstić information content (AvgIpc) is 2.34. The molecule has 0 saturated heterocycles. The van der Waals surface area contributed by atoms with Crippen LogP contribution in [0, 0.1) is 0 Å². The van der Waals surface area contributed by atoms with Gasteiger partial charge in [-0.2, -0.15) is 5.10 Å². The molecule has 0 saturated carbocycles. The lowest BCUT2D eigenvalue weighted by Gasteiger charge is -2.01. The van der Waals surface area contributed by atoms with Crippen LogP contribution in [0.1, 0.15) is 5.56 Å². The molecule has 0 spiro atoms. The molecule has 0 bridgehead atoms. The third-order valence-corrected chi connectivity index (χ3v) is 2.51. The minimum Gasteiger partial charge on any atom is -0.508 e. The molecule has 0 amide bonds. The van der Waals surface area contributed by atoms with Gasteiger partial charge in [0, 0.05) is 16.7 Å². The van der Waals surface area contributed by atoms with Crippen molar-refractivity contribution in [2.24, 2.45) is 5.10 Å². The van der Waals surface area contributed by atoms with Crippen molar-refractivity contribution in [3.05, 3.63) is 53.1 Å². The molecule has 0 radical (unpaired) electrons. The largest absolute Gasteiger partial charge is 0.508 e. The number of phenols is 2. The molecule has 2 aromatic rings. The number of hydrogen-bond acceptors (Lipinski definition) is 4. The van der Waals surface area contributed by atoms with Crippen molar-refractivity contribution in [2.45, 2.75) is 0 Å². The Labute approximate surface area is 109 Å². The van der Waals surface area contributed by atoms with Gasteiger partial charge in [0.2, 0.25) is 0 Å². The van der Waals surface area contributed by atoms with E-state index in [4.69, 9.17) is 16.7 Å². The lowest BCUT2D eigenvalue weighted by molar-refractivity contribution is 0.450. The highest BCUT2D eigenvalue weighted by atomic mass is 35.5. The number of nitrogens with zero attached hydrogens (tertiary/aromatic N) is 1. The minimum atomic E-state index is -0.0309. The lowest BCUT2D eigenvalue weighted by atomic mass is 10.2. The Morgan fingerprint density at radius 2 is 1.78 bits per heavy atom. The molecule has 0 aromatic heterocycles. The van der Waals surface area contributed by atoms with E-state index in [1.165, 1.54) is 18.3 Å². The Balaban J connectivity index is 2.05. The molecule has 18 heavy (non-hydrogen) atoms. The van der Waals surface area contributed by atoms with Gasteiger partial charge in [-0.1, -0.05) is 11.6 Å². The molecule has 0 heterocycles. The molecule has 0 aliphatic rings. The van der Waals surface area contributed by atoms with Gasteiger partial charge in [0.15, 0.2) is 0 Å². The van der Waals surface area contributed by atoms with Crippen molar-refractivity contribution in [3.8, 4) is 11.5 Å². The predicted molar refractivity (Wildman–Crippen MR) is 72.4 cm³/mol. The molecular weight excluding hydrogens is 252 g/mol. The summed E-state index contributed by atoms with van der Waals surface area (Å²) in [7, 11) is 0. The summed E-state index contributed by atoms with van der Waals surface area (Å²) in [4.78, 5) is 0. The molecule has 3 N–H and O–H groups in total. The maximum absolute atomic E-state index is 9.53. The van der Waals surface area contributed by atoms with Gasteiger partial charge in [0.1, 0.15) is 11.5 Å². The van der Waals surface area contributed by atoms with Crippen LogP contribution in [0.15, 0.2) is 47.6 Å². The predicted octanol–water partition coefficient (Wildman–Crippen LogP) is 3.20. The number of hydrogen-bond donors (Lipinski definition) is 3. The summed E-state index contributed by atoms with van der Waals surface area (Å²) in [6.45, 7) is 0. The van der Waals surface area contributed by atoms with Crippen molar-refractivity contribution in [2.75, 3.05) is 5.43 Å². The van der Waals surface area contributed by atoms with Gasteiger partial charge in [-0.3, -0.25) is 5.43 Å². The fourth-order valence-electron chi connectivity index (χ4n) is 1.34. The summed E-state index contributed by atoms with van der Waals surface area (Å²) in [6.07, 6.45) is 1.46. The SMILES string of the molecule is Oc1ccc(/C=N/Nc2ccc(Cl)cc2)c(O)c1. The zero-order valence-electron chi connectivity index (χ0n) is 9.34. The minimum absolute atomic E-state index is 0.00955. The number of rotatable bonds is 3. The van der Waals surface area contributed by atoms with Gasteiger partial charge < -0.3 is 10.2 Å². The first-order valence-corrected chi connectivity index (χ1v) is 5.59. The topological polar surface area (TPSA) is 64.9 Å². The highest BCUT2D eigenvalue weighted by molar-refractivity contribution is 6.30. The van der Waals surface area contributed by atoms with Crippen molar-refractivity contribution >= 4 is 23.5 Å². The second kappa shape index (κ2) is 5.42. The Morgan fingerprint density at radius 3 is 2.44 bits per heavy atom. The number of anilines is 1. The molecule has 92 valence electrons. The summed E-state index contributed by atoms with van der Waals surface area (Å²) in [5.41, 5.74) is 4.09. The normalized spacial score (nSPS) is 10.7. The molecule has 2 aromatic carbocycles. The van der Waals surface area contributed by atoms with Gasteiger partial charge in [-0.15, -0.1) is 0 Å². The molecule has 0 fully saturated rings. The van der Waals surface area contributed by atoms with Crippen LogP contribution in [0.5, 0.6) is 11.5 Å². The van der Waals surface area contributed by atoms with Crippen molar-refractivity contribution < 1.29 is 10.2 Å². The molecule has 2 rings (SSSR count). The Hall–Kier alpha value is -2.20. The number of aromatic hydroxyl groups is 2. The van der Waals surface area contributed by atoms with Gasteiger partial charge >= 0.3 is 0 Å². The van der Waals surface area contributed by atoms with Crippen LogP contribution < -0.4 is 5.43 Å². The van der Waals surface area contributed by atoms with E-state index in [0.29, 0.717) is 10.6 Å². The monoisotopic (exact) mass is 262 g/mol. The van der Waals surface area contributed by atoms with Crippen molar-refractivity contribution in [3.63, 3.8) is 0 Å². The molecule has 0 aliphatic heterocycles.